The SMILES string of the molecule is CC(=N[S@+]([O-])C(C)(C)C)c1cccc(C(F)(F)C#N)c1F. The summed E-state index contributed by atoms with van der Waals surface area (Å²) in [6.07, 6.45) is 0. The molecule has 0 radical (unpaired) electrons. The Labute approximate surface area is 124 Å². The number of hydrogen-bond acceptors (Lipinski definition) is 3. The molecule has 0 aliphatic heterocycles. The van der Waals surface area contributed by atoms with Crippen molar-refractivity contribution in [2.75, 3.05) is 0 Å². The lowest BCUT2D eigenvalue weighted by molar-refractivity contribution is 0.0571. The average Bonchev–Trinajstić information content (AvgIpc) is 2.37. The van der Waals surface area contributed by atoms with E-state index in [1.54, 1.807) is 20.8 Å². The van der Waals surface area contributed by atoms with Gasteiger partial charge in [-0.3, -0.25) is 0 Å². The van der Waals surface area contributed by atoms with E-state index >= 15 is 0 Å². The van der Waals surface area contributed by atoms with Crippen molar-refractivity contribution < 1.29 is 17.7 Å². The zero-order chi connectivity index (χ0) is 16.4. The fourth-order valence-electron chi connectivity index (χ4n) is 1.42. The normalized spacial score (nSPS) is 14.7. The minimum Gasteiger partial charge on any atom is -0.591 e. The van der Waals surface area contributed by atoms with E-state index in [9.17, 15) is 17.7 Å². The molecule has 0 unspecified atom stereocenters. The van der Waals surface area contributed by atoms with Gasteiger partial charge in [0.2, 0.25) is 0 Å². The molecule has 1 rings (SSSR count). The monoisotopic (exact) mass is 316 g/mol. The second-order valence-corrected chi connectivity index (χ2v) is 7.30. The van der Waals surface area contributed by atoms with E-state index in [0.717, 1.165) is 12.1 Å². The molecule has 114 valence electrons. The Morgan fingerprint density at radius 1 is 1.33 bits per heavy atom. The summed E-state index contributed by atoms with van der Waals surface area (Å²) in [7, 11) is 0. The topological polar surface area (TPSA) is 59.2 Å². The van der Waals surface area contributed by atoms with Gasteiger partial charge in [-0.15, -0.1) is 0 Å². The van der Waals surface area contributed by atoms with Gasteiger partial charge < -0.3 is 4.55 Å². The molecule has 0 aliphatic rings. The quantitative estimate of drug-likeness (QED) is 0.630. The summed E-state index contributed by atoms with van der Waals surface area (Å²) in [5, 5.41) is 8.41. The van der Waals surface area contributed by atoms with Gasteiger partial charge in [-0.1, -0.05) is 16.5 Å². The molecular formula is C14H15F3N2OS. The maximum absolute atomic E-state index is 14.1. The van der Waals surface area contributed by atoms with Gasteiger partial charge in [0.1, 0.15) is 28.0 Å². The van der Waals surface area contributed by atoms with Crippen LogP contribution in [0.4, 0.5) is 13.2 Å². The Bertz CT molecular complexity index is 603. The molecule has 0 aliphatic carbocycles. The zero-order valence-electron chi connectivity index (χ0n) is 12.1. The van der Waals surface area contributed by atoms with Gasteiger partial charge in [0.15, 0.2) is 0 Å². The fraction of sp³-hybridized carbons (Fsp3) is 0.429. The van der Waals surface area contributed by atoms with Gasteiger partial charge in [0, 0.05) is 5.56 Å². The van der Waals surface area contributed by atoms with Crippen LogP contribution in [-0.4, -0.2) is 15.0 Å². The molecule has 0 saturated heterocycles. The number of nitrogens with zero attached hydrogens (tertiary/aromatic N) is 2. The molecule has 0 fully saturated rings. The zero-order valence-corrected chi connectivity index (χ0v) is 12.9. The molecule has 1 aromatic rings. The number of hydrogen-bond donors (Lipinski definition) is 0. The summed E-state index contributed by atoms with van der Waals surface area (Å²) in [6.45, 7) is 6.46. The van der Waals surface area contributed by atoms with Crippen molar-refractivity contribution in [3.05, 3.63) is 35.1 Å². The summed E-state index contributed by atoms with van der Waals surface area (Å²) >= 11 is -1.64. The number of halogens is 3. The van der Waals surface area contributed by atoms with E-state index < -0.39 is 33.4 Å². The lowest BCUT2D eigenvalue weighted by Gasteiger charge is -2.19. The third-order valence-corrected chi connectivity index (χ3v) is 4.10. The summed E-state index contributed by atoms with van der Waals surface area (Å²) < 4.78 is 55.9. The Morgan fingerprint density at radius 2 is 1.90 bits per heavy atom. The second kappa shape index (κ2) is 6.08. The van der Waals surface area contributed by atoms with Crippen molar-refractivity contribution in [1.82, 2.24) is 0 Å². The standard InChI is InChI=1S/C14H15F3N2OS/c1-9(19-21(20)13(2,3)4)10-6-5-7-11(12(10)15)14(16,17)8-18/h5-7H,1-4H3/t21-/m1/s1. The summed E-state index contributed by atoms with van der Waals surface area (Å²) in [5.41, 5.74) is -1.17. The van der Waals surface area contributed by atoms with Gasteiger partial charge in [0.25, 0.3) is 0 Å². The van der Waals surface area contributed by atoms with E-state index in [4.69, 9.17) is 5.26 Å². The van der Waals surface area contributed by atoms with E-state index in [-0.39, 0.29) is 11.3 Å². The maximum Gasteiger partial charge on any atom is 0.360 e. The molecule has 3 nitrogen and oxygen atoms in total. The first-order valence-electron chi connectivity index (χ1n) is 6.06. The van der Waals surface area contributed by atoms with Crippen LogP contribution < -0.4 is 0 Å². The van der Waals surface area contributed by atoms with Crippen molar-refractivity contribution in [2.24, 2.45) is 4.40 Å². The summed E-state index contributed by atoms with van der Waals surface area (Å²) in [5.74, 6) is -5.15. The fourth-order valence-corrected chi connectivity index (χ4v) is 2.05. The van der Waals surface area contributed by atoms with Gasteiger partial charge in [-0.05, 0) is 33.8 Å². The maximum atomic E-state index is 14.1. The highest BCUT2D eigenvalue weighted by Crippen LogP contribution is 2.31. The van der Waals surface area contributed by atoms with Crippen molar-refractivity contribution in [1.29, 1.82) is 5.26 Å². The van der Waals surface area contributed by atoms with Crippen LogP contribution in [0.3, 0.4) is 0 Å². The Balaban J connectivity index is 3.31. The van der Waals surface area contributed by atoms with E-state index in [2.05, 4.69) is 4.40 Å². The van der Waals surface area contributed by atoms with E-state index in [0.29, 0.717) is 0 Å². The molecule has 0 aromatic heterocycles. The predicted octanol–water partition coefficient (Wildman–Crippen LogP) is 3.71. The predicted molar refractivity (Wildman–Crippen MR) is 76.0 cm³/mol. The van der Waals surface area contributed by atoms with Crippen LogP contribution in [0.1, 0.15) is 38.8 Å². The molecule has 0 heterocycles. The molecule has 1 aromatic carbocycles. The highest BCUT2D eigenvalue weighted by molar-refractivity contribution is 7.91. The highest BCUT2D eigenvalue weighted by Gasteiger charge is 2.36. The molecule has 7 heteroatoms. The first-order chi connectivity index (χ1) is 9.50. The van der Waals surface area contributed by atoms with Crippen LogP contribution in [0.2, 0.25) is 0 Å². The first kappa shape index (κ1) is 17.5. The van der Waals surface area contributed by atoms with Crippen molar-refractivity contribution in [3.63, 3.8) is 0 Å². The lowest BCUT2D eigenvalue weighted by Crippen LogP contribution is -2.27. The second-order valence-electron chi connectivity index (χ2n) is 5.39. The number of alkyl halides is 2. The summed E-state index contributed by atoms with van der Waals surface area (Å²) in [4.78, 5) is 0. The smallest absolute Gasteiger partial charge is 0.360 e. The van der Waals surface area contributed by atoms with Crippen LogP contribution in [0.25, 0.3) is 0 Å². The average molecular weight is 316 g/mol. The summed E-state index contributed by atoms with van der Waals surface area (Å²) in [6, 6.07) is 4.06. The number of nitriles is 1. The van der Waals surface area contributed by atoms with Gasteiger partial charge in [0.05, 0.1) is 11.3 Å². The minimum absolute atomic E-state index is 0.0383. The molecular weight excluding hydrogens is 301 g/mol. The first-order valence-corrected chi connectivity index (χ1v) is 7.17. The number of benzene rings is 1. The minimum atomic E-state index is -3.93. The molecule has 21 heavy (non-hydrogen) atoms. The van der Waals surface area contributed by atoms with Crippen molar-refractivity contribution in [3.8, 4) is 6.07 Å². The van der Waals surface area contributed by atoms with Crippen LogP contribution in [-0.2, 0) is 17.3 Å². The van der Waals surface area contributed by atoms with Crippen LogP contribution >= 0.6 is 0 Å². The highest BCUT2D eigenvalue weighted by atomic mass is 32.2. The molecule has 0 amide bonds. The van der Waals surface area contributed by atoms with Gasteiger partial charge >= 0.3 is 5.92 Å². The molecule has 0 saturated carbocycles. The van der Waals surface area contributed by atoms with Gasteiger partial charge in [-0.25, -0.2) is 4.39 Å². The van der Waals surface area contributed by atoms with Crippen molar-refractivity contribution in [2.45, 2.75) is 38.4 Å². The molecule has 0 bridgehead atoms. The molecule has 1 atom stereocenters. The third-order valence-electron chi connectivity index (χ3n) is 2.61. The van der Waals surface area contributed by atoms with Crippen molar-refractivity contribution >= 4 is 17.1 Å². The van der Waals surface area contributed by atoms with Crippen LogP contribution in [0.15, 0.2) is 22.6 Å². The Morgan fingerprint density at radius 3 is 2.38 bits per heavy atom. The number of rotatable bonds is 3. The van der Waals surface area contributed by atoms with Crippen LogP contribution in [0.5, 0.6) is 0 Å². The lowest BCUT2D eigenvalue weighted by atomic mass is 10.0. The molecule has 0 spiro atoms. The van der Waals surface area contributed by atoms with Crippen LogP contribution in [0, 0.1) is 17.1 Å². The van der Waals surface area contributed by atoms with E-state index in [1.807, 2.05) is 0 Å². The largest absolute Gasteiger partial charge is 0.591 e. The Kier molecular flexibility index (Phi) is 5.07. The third kappa shape index (κ3) is 3.99. The van der Waals surface area contributed by atoms with E-state index in [1.165, 1.54) is 19.1 Å². The molecule has 0 N–H and O–H groups in total. The van der Waals surface area contributed by atoms with Gasteiger partial charge in [-0.2, -0.15) is 14.0 Å². The Hall–Kier alpha value is -1.52.